The second-order valence-electron chi connectivity index (χ2n) is 6.54. The van der Waals surface area contributed by atoms with Crippen LogP contribution in [0.4, 0.5) is 11.8 Å². The molecule has 24 heavy (non-hydrogen) atoms. The number of aromatic nitrogens is 2. The summed E-state index contributed by atoms with van der Waals surface area (Å²) >= 11 is 0. The minimum Gasteiger partial charge on any atom is -0.369 e. The predicted molar refractivity (Wildman–Crippen MR) is 100 cm³/mol. The van der Waals surface area contributed by atoms with E-state index in [2.05, 4.69) is 51.4 Å². The summed E-state index contributed by atoms with van der Waals surface area (Å²) in [5.74, 6) is 1.14. The lowest BCUT2D eigenvalue weighted by atomic mass is 10.1. The number of aryl methyl sites for hydroxylation is 1. The highest BCUT2D eigenvalue weighted by atomic mass is 15.1. The van der Waals surface area contributed by atoms with Crippen LogP contribution in [0.2, 0.25) is 0 Å². The molecule has 3 N–H and O–H groups in total. The summed E-state index contributed by atoms with van der Waals surface area (Å²) in [5, 5.41) is 3.45. The Balaban J connectivity index is 1.63. The average molecular weight is 325 g/mol. The summed E-state index contributed by atoms with van der Waals surface area (Å²) in [7, 11) is 0. The summed E-state index contributed by atoms with van der Waals surface area (Å²) < 4.78 is 0. The molecule has 0 aliphatic carbocycles. The molecule has 1 aromatic carbocycles. The SMILES string of the molecule is Cc1cccc(-c2cnc(N)nc2NCCCN2CCCCC2)c1. The molecule has 0 atom stereocenters. The van der Waals surface area contributed by atoms with Gasteiger partial charge in [0.25, 0.3) is 0 Å². The smallest absolute Gasteiger partial charge is 0.221 e. The molecule has 5 nitrogen and oxygen atoms in total. The lowest BCUT2D eigenvalue weighted by Crippen LogP contribution is -2.31. The van der Waals surface area contributed by atoms with E-state index in [-0.39, 0.29) is 0 Å². The van der Waals surface area contributed by atoms with Gasteiger partial charge in [0.05, 0.1) is 0 Å². The monoisotopic (exact) mass is 325 g/mol. The zero-order valence-corrected chi connectivity index (χ0v) is 14.5. The van der Waals surface area contributed by atoms with Crippen molar-refractivity contribution >= 4 is 11.8 Å². The van der Waals surface area contributed by atoms with Crippen molar-refractivity contribution in [2.24, 2.45) is 0 Å². The Kier molecular flexibility index (Phi) is 5.64. The summed E-state index contributed by atoms with van der Waals surface area (Å²) in [6.07, 6.45) is 6.98. The number of nitrogens with zero attached hydrogens (tertiary/aromatic N) is 3. The zero-order valence-electron chi connectivity index (χ0n) is 14.5. The number of hydrogen-bond donors (Lipinski definition) is 2. The third-order valence-corrected chi connectivity index (χ3v) is 4.53. The van der Waals surface area contributed by atoms with E-state index in [9.17, 15) is 0 Å². The Morgan fingerprint density at radius 1 is 1.21 bits per heavy atom. The van der Waals surface area contributed by atoms with Crippen molar-refractivity contribution in [1.29, 1.82) is 0 Å². The summed E-state index contributed by atoms with van der Waals surface area (Å²) in [6, 6.07) is 8.38. The lowest BCUT2D eigenvalue weighted by molar-refractivity contribution is 0.228. The number of likely N-dealkylation sites (tertiary alicyclic amines) is 1. The molecule has 2 aromatic rings. The fourth-order valence-corrected chi connectivity index (χ4v) is 3.25. The van der Waals surface area contributed by atoms with E-state index in [1.165, 1.54) is 37.9 Å². The van der Waals surface area contributed by atoms with E-state index < -0.39 is 0 Å². The number of benzene rings is 1. The maximum Gasteiger partial charge on any atom is 0.221 e. The van der Waals surface area contributed by atoms with E-state index in [1.54, 1.807) is 0 Å². The highest BCUT2D eigenvalue weighted by molar-refractivity contribution is 5.75. The molecule has 1 aliphatic heterocycles. The number of nitrogens with one attached hydrogen (secondary N) is 1. The van der Waals surface area contributed by atoms with Crippen LogP contribution < -0.4 is 11.1 Å². The normalized spacial score (nSPS) is 15.4. The highest BCUT2D eigenvalue weighted by Crippen LogP contribution is 2.26. The van der Waals surface area contributed by atoms with Gasteiger partial charge in [-0.25, -0.2) is 4.98 Å². The standard InChI is InChI=1S/C19H27N5/c1-15-7-5-8-16(13-15)17-14-22-19(20)23-18(17)21-9-6-12-24-10-3-2-4-11-24/h5,7-8,13-14H,2-4,6,9-12H2,1H3,(H3,20,21,22,23). The van der Waals surface area contributed by atoms with Crippen LogP contribution >= 0.6 is 0 Å². The zero-order chi connectivity index (χ0) is 16.8. The van der Waals surface area contributed by atoms with Gasteiger partial charge in [-0.3, -0.25) is 0 Å². The van der Waals surface area contributed by atoms with Gasteiger partial charge in [0.15, 0.2) is 0 Å². The third kappa shape index (κ3) is 4.45. The number of anilines is 2. The molecule has 0 bridgehead atoms. The highest BCUT2D eigenvalue weighted by Gasteiger charge is 2.11. The second-order valence-corrected chi connectivity index (χ2v) is 6.54. The van der Waals surface area contributed by atoms with Gasteiger partial charge in [-0.15, -0.1) is 0 Å². The first kappa shape index (κ1) is 16.7. The van der Waals surface area contributed by atoms with E-state index in [1.807, 2.05) is 6.20 Å². The topological polar surface area (TPSA) is 67.1 Å². The van der Waals surface area contributed by atoms with Gasteiger partial charge < -0.3 is 16.0 Å². The molecule has 2 heterocycles. The number of nitrogens with two attached hydrogens (primary N) is 1. The van der Waals surface area contributed by atoms with Gasteiger partial charge >= 0.3 is 0 Å². The quantitative estimate of drug-likeness (QED) is 0.798. The Labute approximate surface area is 144 Å². The maximum atomic E-state index is 5.79. The molecule has 1 saturated heterocycles. The van der Waals surface area contributed by atoms with Crippen LogP contribution in [0.3, 0.4) is 0 Å². The minimum atomic E-state index is 0.310. The van der Waals surface area contributed by atoms with Crippen LogP contribution in [0, 0.1) is 6.92 Å². The van der Waals surface area contributed by atoms with Crippen LogP contribution in [0.25, 0.3) is 11.1 Å². The van der Waals surface area contributed by atoms with Crippen molar-refractivity contribution in [1.82, 2.24) is 14.9 Å². The molecular weight excluding hydrogens is 298 g/mol. The largest absolute Gasteiger partial charge is 0.369 e. The predicted octanol–water partition coefficient (Wildman–Crippen LogP) is 3.32. The van der Waals surface area contributed by atoms with Gasteiger partial charge in [0.2, 0.25) is 5.95 Å². The molecular formula is C19H27N5. The van der Waals surface area contributed by atoms with Crippen molar-refractivity contribution in [3.8, 4) is 11.1 Å². The van der Waals surface area contributed by atoms with E-state index in [0.29, 0.717) is 5.95 Å². The molecule has 0 saturated carbocycles. The van der Waals surface area contributed by atoms with Gasteiger partial charge in [0, 0.05) is 18.3 Å². The average Bonchev–Trinajstić information content (AvgIpc) is 2.60. The summed E-state index contributed by atoms with van der Waals surface area (Å²) in [4.78, 5) is 11.1. The van der Waals surface area contributed by atoms with Crippen LogP contribution in [0.1, 0.15) is 31.2 Å². The first-order valence-electron chi connectivity index (χ1n) is 8.88. The third-order valence-electron chi connectivity index (χ3n) is 4.53. The van der Waals surface area contributed by atoms with Crippen molar-refractivity contribution in [2.45, 2.75) is 32.6 Å². The molecule has 1 aliphatic rings. The van der Waals surface area contributed by atoms with Crippen molar-refractivity contribution < 1.29 is 0 Å². The van der Waals surface area contributed by atoms with Crippen LogP contribution in [0.5, 0.6) is 0 Å². The summed E-state index contributed by atoms with van der Waals surface area (Å²) in [5.41, 5.74) is 9.13. The number of hydrogen-bond acceptors (Lipinski definition) is 5. The molecule has 0 radical (unpaired) electrons. The van der Waals surface area contributed by atoms with E-state index in [0.717, 1.165) is 36.5 Å². The molecule has 0 amide bonds. The van der Waals surface area contributed by atoms with Crippen LogP contribution in [-0.4, -0.2) is 41.0 Å². The Morgan fingerprint density at radius 2 is 2.04 bits per heavy atom. The fourth-order valence-electron chi connectivity index (χ4n) is 3.25. The molecule has 1 fully saturated rings. The number of rotatable bonds is 6. The minimum absolute atomic E-state index is 0.310. The maximum absolute atomic E-state index is 5.79. The molecule has 128 valence electrons. The van der Waals surface area contributed by atoms with E-state index in [4.69, 9.17) is 5.73 Å². The number of nitrogen functional groups attached to an aromatic ring is 1. The van der Waals surface area contributed by atoms with Crippen molar-refractivity contribution in [3.63, 3.8) is 0 Å². The van der Waals surface area contributed by atoms with Gasteiger partial charge in [-0.1, -0.05) is 36.2 Å². The van der Waals surface area contributed by atoms with Gasteiger partial charge in [-0.05, 0) is 51.4 Å². The molecule has 5 heteroatoms. The first-order chi connectivity index (χ1) is 11.7. The Hall–Kier alpha value is -2.14. The summed E-state index contributed by atoms with van der Waals surface area (Å²) in [6.45, 7) is 6.62. The first-order valence-corrected chi connectivity index (χ1v) is 8.88. The van der Waals surface area contributed by atoms with Crippen molar-refractivity contribution in [3.05, 3.63) is 36.0 Å². The Bertz CT molecular complexity index is 665. The van der Waals surface area contributed by atoms with Gasteiger partial charge in [0.1, 0.15) is 5.82 Å². The van der Waals surface area contributed by atoms with Crippen molar-refractivity contribution in [2.75, 3.05) is 37.2 Å². The molecule has 1 aromatic heterocycles. The number of piperidine rings is 1. The molecule has 0 unspecified atom stereocenters. The van der Waals surface area contributed by atoms with Crippen LogP contribution in [-0.2, 0) is 0 Å². The van der Waals surface area contributed by atoms with Gasteiger partial charge in [-0.2, -0.15) is 4.98 Å². The van der Waals surface area contributed by atoms with E-state index >= 15 is 0 Å². The second kappa shape index (κ2) is 8.11. The van der Waals surface area contributed by atoms with Crippen LogP contribution in [0.15, 0.2) is 30.5 Å². The fraction of sp³-hybridized carbons (Fsp3) is 0.474. The Morgan fingerprint density at radius 3 is 2.83 bits per heavy atom. The lowest BCUT2D eigenvalue weighted by Gasteiger charge is -2.26. The molecule has 0 spiro atoms. The molecule has 3 rings (SSSR count).